The maximum absolute atomic E-state index is 11.1. The Hall–Kier alpha value is -0.590. The van der Waals surface area contributed by atoms with Gasteiger partial charge in [0, 0.05) is 18.8 Å². The van der Waals surface area contributed by atoms with Gasteiger partial charge in [0.15, 0.2) is 0 Å². The summed E-state index contributed by atoms with van der Waals surface area (Å²) in [5.74, 6) is 0. The van der Waals surface area contributed by atoms with Crippen LogP contribution in [0.5, 0.6) is 0 Å². The highest BCUT2D eigenvalue weighted by Gasteiger charge is 2.58. The van der Waals surface area contributed by atoms with Gasteiger partial charge in [0.2, 0.25) is 0 Å². The fourth-order valence-electron chi connectivity index (χ4n) is 1.54. The second-order valence-electron chi connectivity index (χ2n) is 4.08. The molecule has 0 bridgehead atoms. The van der Waals surface area contributed by atoms with Crippen LogP contribution in [0.15, 0.2) is 24.5 Å². The second kappa shape index (κ2) is 5.81. The van der Waals surface area contributed by atoms with E-state index in [1.165, 1.54) is 6.20 Å². The van der Waals surface area contributed by atoms with Gasteiger partial charge in [-0.3, -0.25) is 14.1 Å². The summed E-state index contributed by atoms with van der Waals surface area (Å²) in [6, 6.07) is 3.37. The molecular formula is C9H15NO7P2. The lowest BCUT2D eigenvalue weighted by Crippen LogP contribution is -2.28. The summed E-state index contributed by atoms with van der Waals surface area (Å²) in [5, 5.41) is 6.29. The largest absolute Gasteiger partial charge is 0.369 e. The smallest absolute Gasteiger partial charge is 0.368 e. The Morgan fingerprint density at radius 3 is 2.16 bits per heavy atom. The van der Waals surface area contributed by atoms with E-state index in [1.807, 2.05) is 0 Å². The van der Waals surface area contributed by atoms with Crippen LogP contribution in [0, 0.1) is 0 Å². The minimum atomic E-state index is -5.35. The summed E-state index contributed by atoms with van der Waals surface area (Å²) in [5.41, 5.74) is 0.737. The molecule has 0 unspecified atom stereocenters. The molecule has 0 saturated carbocycles. The highest BCUT2D eigenvalue weighted by atomic mass is 31.2. The fraction of sp³-hybridized carbons (Fsp3) is 0.444. The van der Waals surface area contributed by atoms with Crippen molar-refractivity contribution in [2.45, 2.75) is 24.3 Å². The molecule has 19 heavy (non-hydrogen) atoms. The van der Waals surface area contributed by atoms with Crippen LogP contribution in [-0.4, -0.2) is 34.7 Å². The highest BCUT2D eigenvalue weighted by molar-refractivity contribution is 7.72. The minimum absolute atomic E-state index is 0.00157. The van der Waals surface area contributed by atoms with E-state index in [4.69, 9.17) is 19.6 Å². The van der Waals surface area contributed by atoms with Crippen molar-refractivity contribution in [3.8, 4) is 0 Å². The van der Waals surface area contributed by atoms with Gasteiger partial charge in [-0.1, -0.05) is 6.07 Å². The summed E-state index contributed by atoms with van der Waals surface area (Å²) < 4.78 is 22.2. The Morgan fingerprint density at radius 2 is 1.74 bits per heavy atom. The molecule has 1 heterocycles. The molecule has 0 aromatic carbocycles. The van der Waals surface area contributed by atoms with Gasteiger partial charge in [-0.05, 0) is 24.5 Å². The average Bonchev–Trinajstić information content (AvgIpc) is 2.27. The fourth-order valence-corrected chi connectivity index (χ4v) is 3.79. The third-order valence-corrected chi connectivity index (χ3v) is 6.51. The van der Waals surface area contributed by atoms with Crippen molar-refractivity contribution in [1.29, 1.82) is 0 Å². The maximum Gasteiger partial charge on any atom is 0.369 e. The summed E-state index contributed by atoms with van der Waals surface area (Å²) in [6.07, 6.45) is 2.64. The number of hydrogen-bond acceptors (Lipinski definition) is 4. The van der Waals surface area contributed by atoms with Gasteiger partial charge in [0.05, 0.1) is 0 Å². The third kappa shape index (κ3) is 3.94. The Bertz CT molecular complexity index is 487. The quantitative estimate of drug-likeness (QED) is 0.474. The van der Waals surface area contributed by atoms with E-state index in [0.29, 0.717) is 0 Å². The van der Waals surface area contributed by atoms with Crippen LogP contribution in [0.1, 0.15) is 18.4 Å². The molecule has 0 saturated heterocycles. The number of aliphatic hydroxyl groups is 1. The molecule has 0 radical (unpaired) electrons. The molecule has 0 fully saturated rings. The van der Waals surface area contributed by atoms with E-state index >= 15 is 0 Å². The zero-order chi connectivity index (χ0) is 14.7. The first-order chi connectivity index (χ1) is 8.58. The van der Waals surface area contributed by atoms with Gasteiger partial charge in [0.1, 0.15) is 0 Å². The molecule has 1 aromatic rings. The molecule has 5 N–H and O–H groups in total. The first kappa shape index (κ1) is 16.5. The first-order valence-corrected chi connectivity index (χ1v) is 8.53. The topological polar surface area (TPSA) is 148 Å². The molecular weight excluding hydrogens is 296 g/mol. The Kier molecular flexibility index (Phi) is 5.03. The number of aromatic nitrogens is 1. The van der Waals surface area contributed by atoms with Crippen LogP contribution >= 0.6 is 15.2 Å². The van der Waals surface area contributed by atoms with Crippen LogP contribution in [0.25, 0.3) is 0 Å². The normalized spacial score (nSPS) is 13.5. The van der Waals surface area contributed by atoms with Crippen molar-refractivity contribution in [2.24, 2.45) is 0 Å². The molecule has 0 atom stereocenters. The van der Waals surface area contributed by atoms with Crippen LogP contribution in [0.2, 0.25) is 0 Å². The maximum atomic E-state index is 11.1. The van der Waals surface area contributed by atoms with Crippen molar-refractivity contribution in [3.63, 3.8) is 0 Å². The van der Waals surface area contributed by atoms with Gasteiger partial charge in [0.25, 0.3) is 5.08 Å². The molecule has 10 heteroatoms. The zero-order valence-corrected chi connectivity index (χ0v) is 11.6. The van der Waals surface area contributed by atoms with Crippen molar-refractivity contribution in [3.05, 3.63) is 30.1 Å². The van der Waals surface area contributed by atoms with E-state index in [-0.39, 0.29) is 12.8 Å². The molecule has 0 spiro atoms. The number of pyridine rings is 1. The lowest BCUT2D eigenvalue weighted by atomic mass is 10.1. The predicted molar refractivity (Wildman–Crippen MR) is 66.2 cm³/mol. The molecule has 8 nitrogen and oxygen atoms in total. The summed E-state index contributed by atoms with van der Waals surface area (Å²) >= 11 is 0. The van der Waals surface area contributed by atoms with Gasteiger partial charge in [-0.2, -0.15) is 0 Å². The number of rotatable bonds is 6. The van der Waals surface area contributed by atoms with E-state index in [2.05, 4.69) is 4.98 Å². The minimum Gasteiger partial charge on any atom is -0.368 e. The molecule has 0 aliphatic carbocycles. The van der Waals surface area contributed by atoms with Crippen LogP contribution < -0.4 is 0 Å². The molecule has 0 aliphatic rings. The number of hydrogen-bond donors (Lipinski definition) is 5. The summed E-state index contributed by atoms with van der Waals surface area (Å²) in [6.45, 7) is 0. The van der Waals surface area contributed by atoms with Crippen LogP contribution in [0.3, 0.4) is 0 Å². The summed E-state index contributed by atoms with van der Waals surface area (Å²) in [7, 11) is -10.7. The lowest BCUT2D eigenvalue weighted by Gasteiger charge is -2.29. The van der Waals surface area contributed by atoms with Crippen LogP contribution in [-0.2, 0) is 15.6 Å². The molecule has 0 amide bonds. The van der Waals surface area contributed by atoms with E-state index in [0.717, 1.165) is 5.56 Å². The standard InChI is InChI=1S/C9H15NO7P2/c11-9(18(12,13)14,19(15,16)17)5-1-3-8-4-2-6-10-7-8/h2,4,6-7,11H,1,3,5H2,(H2,12,13,14)(H2,15,16,17). The zero-order valence-electron chi connectivity index (χ0n) is 9.82. The first-order valence-electron chi connectivity index (χ1n) is 5.30. The molecule has 1 rings (SSSR count). The second-order valence-corrected chi connectivity index (χ2v) is 8.09. The van der Waals surface area contributed by atoms with Gasteiger partial charge in [-0.25, -0.2) is 0 Å². The van der Waals surface area contributed by atoms with Crippen LogP contribution in [0.4, 0.5) is 0 Å². The van der Waals surface area contributed by atoms with Gasteiger partial charge >= 0.3 is 15.2 Å². The van der Waals surface area contributed by atoms with Crippen molar-refractivity contribution in [1.82, 2.24) is 4.98 Å². The molecule has 0 aliphatic heterocycles. The van der Waals surface area contributed by atoms with Gasteiger partial charge < -0.3 is 24.7 Å². The van der Waals surface area contributed by atoms with E-state index in [1.54, 1.807) is 18.3 Å². The highest BCUT2D eigenvalue weighted by Crippen LogP contribution is 2.69. The lowest BCUT2D eigenvalue weighted by molar-refractivity contribution is 0.121. The number of nitrogens with zero attached hydrogens (tertiary/aromatic N) is 1. The predicted octanol–water partition coefficient (Wildman–Crippen LogP) is 0.406. The molecule has 108 valence electrons. The number of aryl methyl sites for hydroxylation is 1. The Morgan fingerprint density at radius 1 is 1.16 bits per heavy atom. The van der Waals surface area contributed by atoms with Crippen molar-refractivity contribution in [2.75, 3.05) is 0 Å². The van der Waals surface area contributed by atoms with Gasteiger partial charge in [-0.15, -0.1) is 0 Å². The summed E-state index contributed by atoms with van der Waals surface area (Å²) in [4.78, 5) is 39.5. The third-order valence-electron chi connectivity index (χ3n) is 2.63. The van der Waals surface area contributed by atoms with E-state index < -0.39 is 26.7 Å². The van der Waals surface area contributed by atoms with Crippen molar-refractivity contribution >= 4 is 15.2 Å². The average molecular weight is 311 g/mol. The monoisotopic (exact) mass is 311 g/mol. The van der Waals surface area contributed by atoms with Crippen molar-refractivity contribution < 1.29 is 33.8 Å². The van der Waals surface area contributed by atoms with E-state index in [9.17, 15) is 14.2 Å². The molecule has 1 aromatic heterocycles. The SMILES string of the molecule is O=P(O)(O)C(O)(CCCc1cccnc1)P(=O)(O)O. The Balaban J connectivity index is 2.77. The Labute approximate surface area is 109 Å².